The molecule has 0 saturated carbocycles. The van der Waals surface area contributed by atoms with Gasteiger partial charge in [-0.15, -0.1) is 0 Å². The number of likely N-dealkylation sites (tertiary alicyclic amines) is 1. The summed E-state index contributed by atoms with van der Waals surface area (Å²) in [6.07, 6.45) is 4.93. The van der Waals surface area contributed by atoms with Gasteiger partial charge in [-0.05, 0) is 47.0 Å². The Morgan fingerprint density at radius 1 is 1.43 bits per heavy atom. The van der Waals surface area contributed by atoms with Crippen molar-refractivity contribution < 1.29 is 14.6 Å². The third kappa shape index (κ3) is 4.82. The van der Waals surface area contributed by atoms with Gasteiger partial charge in [0.15, 0.2) is 0 Å². The molecule has 0 aromatic rings. The molecule has 1 unspecified atom stereocenters. The van der Waals surface area contributed by atoms with Crippen LogP contribution in [-0.2, 0) is 9.53 Å². The molecule has 21 heavy (non-hydrogen) atoms. The van der Waals surface area contributed by atoms with Gasteiger partial charge in [0.25, 0.3) is 0 Å². The number of carbonyl (C=O) groups excluding carboxylic acids is 1. The van der Waals surface area contributed by atoms with E-state index in [0.29, 0.717) is 13.2 Å². The molecule has 1 heterocycles. The maximum Gasteiger partial charge on any atom is 0.230 e. The van der Waals surface area contributed by atoms with E-state index in [1.807, 2.05) is 18.7 Å². The molecule has 1 atom stereocenters. The largest absolute Gasteiger partial charge is 0.396 e. The number of nitrogens with zero attached hydrogens (tertiary/aromatic N) is 1. The number of rotatable bonds is 6. The molecule has 4 nitrogen and oxygen atoms in total. The van der Waals surface area contributed by atoms with Crippen molar-refractivity contribution in [3.63, 3.8) is 0 Å². The second-order valence-corrected chi connectivity index (χ2v) is 7.29. The summed E-state index contributed by atoms with van der Waals surface area (Å²) in [7, 11) is 1.62. The number of amides is 1. The summed E-state index contributed by atoms with van der Waals surface area (Å²) in [5.74, 6) is 0.124. The Morgan fingerprint density at radius 2 is 2.10 bits per heavy atom. The average molecular weight is 297 g/mol. The predicted molar refractivity (Wildman–Crippen MR) is 85.0 cm³/mol. The van der Waals surface area contributed by atoms with E-state index in [4.69, 9.17) is 4.74 Å². The minimum atomic E-state index is -0.510. The number of aliphatic hydroxyl groups is 1. The van der Waals surface area contributed by atoms with E-state index in [2.05, 4.69) is 19.9 Å². The molecule has 1 N–H and O–H groups in total. The second kappa shape index (κ2) is 7.41. The molecule has 0 spiro atoms. The van der Waals surface area contributed by atoms with Crippen LogP contribution in [0, 0.1) is 10.8 Å². The van der Waals surface area contributed by atoms with Crippen LogP contribution in [0.15, 0.2) is 11.6 Å². The lowest BCUT2D eigenvalue weighted by atomic mass is 9.76. The highest BCUT2D eigenvalue weighted by Gasteiger charge is 2.40. The van der Waals surface area contributed by atoms with E-state index in [1.165, 1.54) is 5.57 Å². The zero-order valence-electron chi connectivity index (χ0n) is 14.2. The maximum absolute atomic E-state index is 12.7. The van der Waals surface area contributed by atoms with Gasteiger partial charge in [-0.3, -0.25) is 4.79 Å². The Hall–Kier alpha value is -0.870. The highest BCUT2D eigenvalue weighted by atomic mass is 16.5. The Bertz CT molecular complexity index is 385. The maximum atomic E-state index is 12.7. The molecule has 1 aliphatic heterocycles. The second-order valence-electron chi connectivity index (χ2n) is 7.29. The number of piperidine rings is 1. The number of hydrogen-bond acceptors (Lipinski definition) is 3. The molecule has 1 fully saturated rings. The van der Waals surface area contributed by atoms with E-state index in [9.17, 15) is 9.90 Å². The zero-order chi connectivity index (χ0) is 16.1. The van der Waals surface area contributed by atoms with Crippen molar-refractivity contribution in [2.45, 2.75) is 47.0 Å². The summed E-state index contributed by atoms with van der Waals surface area (Å²) in [6, 6.07) is 0. The van der Waals surface area contributed by atoms with Gasteiger partial charge in [0.1, 0.15) is 0 Å². The molecule has 4 heteroatoms. The lowest BCUT2D eigenvalue weighted by Crippen LogP contribution is -2.52. The van der Waals surface area contributed by atoms with Crippen molar-refractivity contribution >= 4 is 5.91 Å². The Morgan fingerprint density at radius 3 is 2.62 bits per heavy atom. The summed E-state index contributed by atoms with van der Waals surface area (Å²) in [5.41, 5.74) is 0.559. The first-order valence-corrected chi connectivity index (χ1v) is 7.79. The van der Waals surface area contributed by atoms with Crippen LogP contribution in [0.4, 0.5) is 0 Å². The van der Waals surface area contributed by atoms with Crippen LogP contribution in [0.5, 0.6) is 0 Å². The van der Waals surface area contributed by atoms with Crippen LogP contribution < -0.4 is 0 Å². The van der Waals surface area contributed by atoms with Gasteiger partial charge >= 0.3 is 0 Å². The predicted octanol–water partition coefficient (Wildman–Crippen LogP) is 2.62. The third-order valence-electron chi connectivity index (χ3n) is 4.31. The van der Waals surface area contributed by atoms with Gasteiger partial charge < -0.3 is 14.7 Å². The first-order chi connectivity index (χ1) is 9.76. The summed E-state index contributed by atoms with van der Waals surface area (Å²) >= 11 is 0. The number of carbonyl (C=O) groups is 1. The Balaban J connectivity index is 2.82. The van der Waals surface area contributed by atoms with Crippen LogP contribution >= 0.6 is 0 Å². The molecule has 1 saturated heterocycles. The summed E-state index contributed by atoms with van der Waals surface area (Å²) in [4.78, 5) is 14.6. The minimum absolute atomic E-state index is 0.124. The van der Waals surface area contributed by atoms with Crippen LogP contribution in [0.3, 0.4) is 0 Å². The molecule has 0 bridgehead atoms. The number of aliphatic hydroxyl groups excluding tert-OH is 1. The number of hydrogen-bond donors (Lipinski definition) is 1. The SMILES string of the molecule is COCC(C)(C)C(=O)N1CCCC(CO)(CC=C(C)C)C1. The quantitative estimate of drug-likeness (QED) is 0.767. The summed E-state index contributed by atoms with van der Waals surface area (Å²) < 4.78 is 5.17. The van der Waals surface area contributed by atoms with Gasteiger partial charge in [-0.1, -0.05) is 11.6 Å². The van der Waals surface area contributed by atoms with Gasteiger partial charge in [0, 0.05) is 25.6 Å². The van der Waals surface area contributed by atoms with Crippen molar-refractivity contribution in [1.82, 2.24) is 4.90 Å². The zero-order valence-corrected chi connectivity index (χ0v) is 14.2. The first-order valence-electron chi connectivity index (χ1n) is 7.79. The molecular formula is C17H31NO3. The van der Waals surface area contributed by atoms with E-state index >= 15 is 0 Å². The summed E-state index contributed by atoms with van der Waals surface area (Å²) in [6.45, 7) is 9.95. The van der Waals surface area contributed by atoms with Gasteiger partial charge in [-0.2, -0.15) is 0 Å². The standard InChI is InChI=1S/C17H31NO3/c1-14(2)7-9-17(12-19)8-6-10-18(11-17)15(20)16(3,4)13-21-5/h7,19H,6,8-13H2,1-5H3. The third-order valence-corrected chi connectivity index (χ3v) is 4.31. The molecule has 122 valence electrons. The molecule has 0 aliphatic carbocycles. The fourth-order valence-electron chi connectivity index (χ4n) is 3.01. The topological polar surface area (TPSA) is 49.8 Å². The average Bonchev–Trinajstić information content (AvgIpc) is 2.44. The van der Waals surface area contributed by atoms with Crippen LogP contribution in [-0.4, -0.2) is 49.3 Å². The van der Waals surface area contributed by atoms with Gasteiger partial charge in [-0.25, -0.2) is 0 Å². The van der Waals surface area contributed by atoms with Crippen LogP contribution in [0.2, 0.25) is 0 Å². The molecule has 0 aromatic carbocycles. The minimum Gasteiger partial charge on any atom is -0.396 e. The normalized spacial score (nSPS) is 23.0. The fraction of sp³-hybridized carbons (Fsp3) is 0.824. The fourth-order valence-corrected chi connectivity index (χ4v) is 3.01. The number of allylic oxidation sites excluding steroid dienone is 2. The Kier molecular flexibility index (Phi) is 6.41. The molecule has 0 radical (unpaired) electrons. The lowest BCUT2D eigenvalue weighted by Gasteiger charge is -2.43. The number of ether oxygens (including phenoxy) is 1. The highest BCUT2D eigenvalue weighted by Crippen LogP contribution is 2.35. The smallest absolute Gasteiger partial charge is 0.230 e. The van der Waals surface area contributed by atoms with E-state index in [-0.39, 0.29) is 17.9 Å². The van der Waals surface area contributed by atoms with Crippen LogP contribution in [0.25, 0.3) is 0 Å². The molecule has 1 amide bonds. The van der Waals surface area contributed by atoms with Gasteiger partial charge in [0.2, 0.25) is 5.91 Å². The van der Waals surface area contributed by atoms with Crippen LogP contribution in [0.1, 0.15) is 47.0 Å². The van der Waals surface area contributed by atoms with Crippen molar-refractivity contribution in [3.8, 4) is 0 Å². The van der Waals surface area contributed by atoms with Crippen molar-refractivity contribution in [2.75, 3.05) is 33.4 Å². The molecule has 1 aliphatic rings. The molecule has 1 rings (SSSR count). The first kappa shape index (κ1) is 18.2. The lowest BCUT2D eigenvalue weighted by molar-refractivity contribution is -0.147. The monoisotopic (exact) mass is 297 g/mol. The van der Waals surface area contributed by atoms with E-state index in [0.717, 1.165) is 25.8 Å². The highest BCUT2D eigenvalue weighted by molar-refractivity contribution is 5.82. The summed E-state index contributed by atoms with van der Waals surface area (Å²) in [5, 5.41) is 9.87. The Labute approximate surface area is 129 Å². The van der Waals surface area contributed by atoms with E-state index < -0.39 is 5.41 Å². The van der Waals surface area contributed by atoms with Crippen molar-refractivity contribution in [2.24, 2.45) is 10.8 Å². The molecular weight excluding hydrogens is 266 g/mol. The molecule has 0 aromatic heterocycles. The van der Waals surface area contributed by atoms with Gasteiger partial charge in [0.05, 0.1) is 18.6 Å². The van der Waals surface area contributed by atoms with E-state index in [1.54, 1.807) is 7.11 Å². The number of methoxy groups -OCH3 is 1. The van der Waals surface area contributed by atoms with Crippen molar-refractivity contribution in [1.29, 1.82) is 0 Å². The van der Waals surface area contributed by atoms with Crippen molar-refractivity contribution in [3.05, 3.63) is 11.6 Å².